The second-order valence-corrected chi connectivity index (χ2v) is 9.93. The van der Waals surface area contributed by atoms with Gasteiger partial charge in [0.2, 0.25) is 0 Å². The van der Waals surface area contributed by atoms with Gasteiger partial charge in [-0.2, -0.15) is 13.2 Å². The van der Waals surface area contributed by atoms with E-state index >= 15 is 0 Å². The summed E-state index contributed by atoms with van der Waals surface area (Å²) < 4.78 is 58.2. The number of rotatable bonds is 8. The van der Waals surface area contributed by atoms with Gasteiger partial charge in [-0.15, -0.1) is 0 Å². The van der Waals surface area contributed by atoms with E-state index in [1.165, 1.54) is 44.3 Å². The molecule has 0 bridgehead atoms. The maximum Gasteiger partial charge on any atom is 0.416 e. The fraction of sp³-hybridized carbons (Fsp3) is 0.269. The minimum Gasteiger partial charge on any atom is -0.612 e. The number of alkyl halides is 3. The highest BCUT2D eigenvalue weighted by atomic mass is 32.2. The maximum absolute atomic E-state index is 13.4. The fourth-order valence-corrected chi connectivity index (χ4v) is 3.99. The first-order valence-electron chi connectivity index (χ1n) is 11.3. The SMILES string of the molecule is Cc1c(OCC(=O)N(C)C)cc(C(=O)NCc2ccc([S+](C)[O-])cc2)c(=O)n1-c1cccc(C(F)(F)F)c1. The third-order valence-electron chi connectivity index (χ3n) is 5.64. The number of nitrogens with zero attached hydrogens (tertiary/aromatic N) is 2. The van der Waals surface area contributed by atoms with E-state index in [1.807, 2.05) is 0 Å². The zero-order chi connectivity index (χ0) is 28.2. The third-order valence-corrected chi connectivity index (χ3v) is 6.57. The number of hydrogen-bond acceptors (Lipinski definition) is 5. The highest BCUT2D eigenvalue weighted by Crippen LogP contribution is 2.31. The van der Waals surface area contributed by atoms with E-state index < -0.39 is 46.9 Å². The molecule has 1 heterocycles. The van der Waals surface area contributed by atoms with E-state index in [4.69, 9.17) is 4.74 Å². The van der Waals surface area contributed by atoms with E-state index in [-0.39, 0.29) is 29.2 Å². The van der Waals surface area contributed by atoms with Gasteiger partial charge >= 0.3 is 6.18 Å². The summed E-state index contributed by atoms with van der Waals surface area (Å²) in [6.07, 6.45) is -3.12. The molecule has 12 heteroatoms. The van der Waals surface area contributed by atoms with Crippen molar-refractivity contribution in [2.45, 2.75) is 24.5 Å². The van der Waals surface area contributed by atoms with Crippen LogP contribution in [-0.4, -0.2) is 52.8 Å². The van der Waals surface area contributed by atoms with Crippen LogP contribution in [0.3, 0.4) is 0 Å². The Bertz CT molecular complexity index is 1390. The van der Waals surface area contributed by atoms with Gasteiger partial charge in [-0.3, -0.25) is 19.0 Å². The van der Waals surface area contributed by atoms with Crippen molar-refractivity contribution in [2.75, 3.05) is 27.0 Å². The van der Waals surface area contributed by atoms with Crippen molar-refractivity contribution in [3.63, 3.8) is 0 Å². The van der Waals surface area contributed by atoms with Crippen LogP contribution in [0.1, 0.15) is 27.2 Å². The lowest BCUT2D eigenvalue weighted by Crippen LogP contribution is -2.34. The summed E-state index contributed by atoms with van der Waals surface area (Å²) in [6.45, 7) is 1.06. The predicted molar refractivity (Wildman–Crippen MR) is 136 cm³/mol. The quantitative estimate of drug-likeness (QED) is 0.435. The van der Waals surface area contributed by atoms with Gasteiger partial charge in [-0.1, -0.05) is 18.2 Å². The molecule has 2 aromatic carbocycles. The Hall–Kier alpha value is -3.77. The number of likely N-dealkylation sites (N-methyl/N-ethyl adjacent to an activating group) is 1. The number of ether oxygens (including phenoxy) is 1. The highest BCUT2D eigenvalue weighted by molar-refractivity contribution is 7.90. The molecule has 1 aromatic heterocycles. The lowest BCUT2D eigenvalue weighted by molar-refractivity contribution is -0.137. The van der Waals surface area contributed by atoms with Gasteiger partial charge in [0.15, 0.2) is 11.5 Å². The smallest absolute Gasteiger partial charge is 0.416 e. The van der Waals surface area contributed by atoms with E-state index in [9.17, 15) is 32.1 Å². The first kappa shape index (κ1) is 28.8. The summed E-state index contributed by atoms with van der Waals surface area (Å²) in [5.74, 6) is -1.21. The molecule has 202 valence electrons. The molecule has 0 aliphatic rings. The molecule has 0 radical (unpaired) electrons. The number of hydrogen-bond donors (Lipinski definition) is 1. The summed E-state index contributed by atoms with van der Waals surface area (Å²) >= 11 is -1.17. The predicted octanol–water partition coefficient (Wildman–Crippen LogP) is 3.30. The molecule has 3 rings (SSSR count). The molecule has 1 N–H and O–H groups in total. The molecule has 1 atom stereocenters. The summed E-state index contributed by atoms with van der Waals surface area (Å²) in [7, 11) is 3.04. The van der Waals surface area contributed by atoms with Gasteiger partial charge in [0, 0.05) is 32.4 Å². The molecule has 0 saturated carbocycles. The van der Waals surface area contributed by atoms with E-state index in [0.717, 1.165) is 22.8 Å². The Morgan fingerprint density at radius 3 is 2.34 bits per heavy atom. The molecule has 8 nitrogen and oxygen atoms in total. The van der Waals surface area contributed by atoms with E-state index in [0.29, 0.717) is 10.5 Å². The summed E-state index contributed by atoms with van der Waals surface area (Å²) in [6, 6.07) is 11.9. The van der Waals surface area contributed by atoms with Crippen LogP contribution in [0.2, 0.25) is 0 Å². The molecule has 2 amide bonds. The largest absolute Gasteiger partial charge is 0.612 e. The molecule has 0 fully saturated rings. The Balaban J connectivity index is 2.02. The van der Waals surface area contributed by atoms with Crippen molar-refractivity contribution >= 4 is 23.0 Å². The number of nitrogens with one attached hydrogen (secondary N) is 1. The molecular weight excluding hydrogens is 523 g/mol. The number of aromatic nitrogens is 1. The number of benzene rings is 2. The van der Waals surface area contributed by atoms with Crippen molar-refractivity contribution in [1.82, 2.24) is 14.8 Å². The number of halogens is 3. The van der Waals surface area contributed by atoms with Crippen LogP contribution in [-0.2, 0) is 28.7 Å². The first-order chi connectivity index (χ1) is 17.8. The van der Waals surface area contributed by atoms with Crippen LogP contribution in [0.4, 0.5) is 13.2 Å². The van der Waals surface area contributed by atoms with Crippen LogP contribution in [0, 0.1) is 6.92 Å². The van der Waals surface area contributed by atoms with Crippen LogP contribution in [0.5, 0.6) is 5.75 Å². The van der Waals surface area contributed by atoms with Crippen LogP contribution in [0.15, 0.2) is 64.3 Å². The van der Waals surface area contributed by atoms with Gasteiger partial charge in [0.25, 0.3) is 17.4 Å². The number of carbonyl (C=O) groups excluding carboxylic acids is 2. The van der Waals surface area contributed by atoms with Gasteiger partial charge in [-0.05, 0) is 54.0 Å². The van der Waals surface area contributed by atoms with Crippen molar-refractivity contribution in [1.29, 1.82) is 0 Å². The summed E-state index contributed by atoms with van der Waals surface area (Å²) in [5, 5.41) is 2.61. The minimum absolute atomic E-state index is 0.0165. The number of pyridine rings is 1. The second kappa shape index (κ2) is 11.7. The van der Waals surface area contributed by atoms with E-state index in [1.54, 1.807) is 24.3 Å². The molecule has 38 heavy (non-hydrogen) atoms. The summed E-state index contributed by atoms with van der Waals surface area (Å²) in [4.78, 5) is 40.4. The molecule has 1 unspecified atom stereocenters. The minimum atomic E-state index is -4.65. The summed E-state index contributed by atoms with van der Waals surface area (Å²) in [5.41, 5.74) is -1.55. The van der Waals surface area contributed by atoms with Gasteiger partial charge in [0.1, 0.15) is 17.6 Å². The van der Waals surface area contributed by atoms with Crippen molar-refractivity contribution in [3.8, 4) is 11.4 Å². The molecule has 0 spiro atoms. The van der Waals surface area contributed by atoms with E-state index in [2.05, 4.69) is 5.32 Å². The van der Waals surface area contributed by atoms with Crippen LogP contribution < -0.4 is 15.6 Å². The fourth-order valence-electron chi connectivity index (χ4n) is 3.47. The normalized spacial score (nSPS) is 12.1. The van der Waals surface area contributed by atoms with Crippen molar-refractivity contribution in [2.24, 2.45) is 0 Å². The van der Waals surface area contributed by atoms with Crippen LogP contribution in [0.25, 0.3) is 5.69 Å². The average Bonchev–Trinajstić information content (AvgIpc) is 2.86. The third kappa shape index (κ3) is 6.75. The Morgan fingerprint density at radius 1 is 1.11 bits per heavy atom. The molecule has 0 aliphatic heterocycles. The van der Waals surface area contributed by atoms with Crippen LogP contribution >= 0.6 is 0 Å². The first-order valence-corrected chi connectivity index (χ1v) is 12.8. The molecule has 0 saturated heterocycles. The molecule has 3 aromatic rings. The second-order valence-electron chi connectivity index (χ2n) is 8.55. The monoisotopic (exact) mass is 549 g/mol. The lowest BCUT2D eigenvalue weighted by Gasteiger charge is -2.19. The van der Waals surface area contributed by atoms with Gasteiger partial charge in [0.05, 0.1) is 11.3 Å². The Kier molecular flexibility index (Phi) is 8.89. The molecular formula is C26H26F3N3O5S. The Labute approximate surface area is 220 Å². The Morgan fingerprint density at radius 2 is 1.76 bits per heavy atom. The standard InChI is InChI=1S/C26H26F3N3O5S/c1-16-22(37-15-23(33)31(2)3)13-21(24(34)30-14-17-8-10-20(11-9-17)38(4)36)25(35)32(16)19-7-5-6-18(12-19)26(27,28)29/h5-13H,14-15H2,1-4H3,(H,30,34). The topological polar surface area (TPSA) is 104 Å². The lowest BCUT2D eigenvalue weighted by atomic mass is 10.1. The number of amides is 2. The van der Waals surface area contributed by atoms with Gasteiger partial charge in [-0.25, -0.2) is 0 Å². The van der Waals surface area contributed by atoms with Crippen molar-refractivity contribution in [3.05, 3.63) is 87.3 Å². The maximum atomic E-state index is 13.4. The average molecular weight is 550 g/mol. The molecule has 0 aliphatic carbocycles. The zero-order valence-electron chi connectivity index (χ0n) is 21.1. The number of carbonyl (C=O) groups is 2. The zero-order valence-corrected chi connectivity index (χ0v) is 21.9. The van der Waals surface area contributed by atoms with Gasteiger partial charge < -0.3 is 19.5 Å². The highest BCUT2D eigenvalue weighted by Gasteiger charge is 2.31. The van der Waals surface area contributed by atoms with Crippen molar-refractivity contribution < 1.29 is 32.0 Å².